The van der Waals surface area contributed by atoms with E-state index in [0.717, 1.165) is 0 Å². The van der Waals surface area contributed by atoms with Gasteiger partial charge in [-0.3, -0.25) is 9.59 Å². The number of ether oxygens (including phenoxy) is 1. The molecule has 1 aromatic rings. The summed E-state index contributed by atoms with van der Waals surface area (Å²) in [7, 11) is 0. The maximum atomic E-state index is 12.1. The first-order valence-corrected chi connectivity index (χ1v) is 5.27. The molecule has 2 heterocycles. The predicted octanol–water partition coefficient (Wildman–Crippen LogP) is -0.275. The smallest absolute Gasteiger partial charge is 0.305 e. The quantitative estimate of drug-likeness (QED) is 0.756. The lowest BCUT2D eigenvalue weighted by Gasteiger charge is -2.34. The summed E-state index contributed by atoms with van der Waals surface area (Å²) in [4.78, 5) is 30.8. The number of morpholine rings is 1. The zero-order chi connectivity index (χ0) is 12.3. The van der Waals surface area contributed by atoms with Crippen LogP contribution in [0.1, 0.15) is 16.9 Å². The van der Waals surface area contributed by atoms with E-state index in [2.05, 4.69) is 9.97 Å². The highest BCUT2D eigenvalue weighted by atomic mass is 16.5. The number of hydrogen-bond donors (Lipinski definition) is 2. The Morgan fingerprint density at radius 3 is 3.12 bits per heavy atom. The summed E-state index contributed by atoms with van der Waals surface area (Å²) in [6, 6.07) is -0.419. The van der Waals surface area contributed by atoms with Gasteiger partial charge in [0.05, 0.1) is 38.2 Å². The van der Waals surface area contributed by atoms with Crippen molar-refractivity contribution >= 4 is 11.9 Å². The molecule has 0 spiro atoms. The predicted molar refractivity (Wildman–Crippen MR) is 56.5 cm³/mol. The summed E-state index contributed by atoms with van der Waals surface area (Å²) < 4.78 is 5.20. The fraction of sp³-hybridized carbons (Fsp3) is 0.500. The first-order chi connectivity index (χ1) is 8.18. The van der Waals surface area contributed by atoms with Crippen LogP contribution in [0.2, 0.25) is 0 Å². The number of aromatic amines is 1. The Bertz CT molecular complexity index is 404. The molecule has 1 aliphatic heterocycles. The summed E-state index contributed by atoms with van der Waals surface area (Å²) >= 11 is 0. The normalized spacial score (nSPS) is 20.2. The Kier molecular flexibility index (Phi) is 3.38. The average molecular weight is 239 g/mol. The fourth-order valence-corrected chi connectivity index (χ4v) is 1.82. The number of imidazole rings is 1. The SMILES string of the molecule is O=C(O)CC1COCCN1C(=O)c1cnc[nH]1. The van der Waals surface area contributed by atoms with E-state index in [1.807, 2.05) is 0 Å². The number of nitrogens with zero attached hydrogens (tertiary/aromatic N) is 2. The van der Waals surface area contributed by atoms with Crippen molar-refractivity contribution in [3.8, 4) is 0 Å². The molecule has 0 saturated carbocycles. The largest absolute Gasteiger partial charge is 0.481 e. The van der Waals surface area contributed by atoms with Crippen molar-refractivity contribution in [1.29, 1.82) is 0 Å². The van der Waals surface area contributed by atoms with Crippen LogP contribution < -0.4 is 0 Å². The summed E-state index contributed by atoms with van der Waals surface area (Å²) in [6.45, 7) is 1.08. The van der Waals surface area contributed by atoms with Crippen molar-refractivity contribution in [2.45, 2.75) is 12.5 Å². The number of aliphatic carboxylic acids is 1. The second-order valence-corrected chi connectivity index (χ2v) is 3.79. The number of carboxylic acid groups (broad SMARTS) is 1. The van der Waals surface area contributed by atoms with Crippen molar-refractivity contribution in [2.24, 2.45) is 0 Å². The van der Waals surface area contributed by atoms with Crippen LogP contribution in [-0.2, 0) is 9.53 Å². The standard InChI is InChI=1S/C10H13N3O4/c14-9(15)3-7-5-17-2-1-13(7)10(16)8-4-11-6-12-8/h4,6-7H,1-3,5H2,(H,11,12)(H,14,15). The number of carbonyl (C=O) groups excluding carboxylic acids is 1. The molecule has 1 aromatic heterocycles. The molecule has 1 aliphatic rings. The highest BCUT2D eigenvalue weighted by Crippen LogP contribution is 2.13. The molecule has 1 saturated heterocycles. The third-order valence-electron chi connectivity index (χ3n) is 2.63. The zero-order valence-corrected chi connectivity index (χ0v) is 9.13. The molecule has 0 aliphatic carbocycles. The number of nitrogens with one attached hydrogen (secondary N) is 1. The molecular weight excluding hydrogens is 226 g/mol. The lowest BCUT2D eigenvalue weighted by Crippen LogP contribution is -2.49. The van der Waals surface area contributed by atoms with Crippen LogP contribution in [0.3, 0.4) is 0 Å². The van der Waals surface area contributed by atoms with E-state index in [1.165, 1.54) is 17.4 Å². The summed E-state index contributed by atoms with van der Waals surface area (Å²) in [5.41, 5.74) is 0.363. The van der Waals surface area contributed by atoms with E-state index >= 15 is 0 Å². The molecule has 1 fully saturated rings. The van der Waals surface area contributed by atoms with Crippen LogP contribution in [0.15, 0.2) is 12.5 Å². The molecule has 17 heavy (non-hydrogen) atoms. The van der Waals surface area contributed by atoms with Gasteiger partial charge in [0, 0.05) is 6.54 Å². The number of H-pyrrole nitrogens is 1. The van der Waals surface area contributed by atoms with Gasteiger partial charge in [-0.15, -0.1) is 0 Å². The van der Waals surface area contributed by atoms with Crippen molar-refractivity contribution in [3.05, 3.63) is 18.2 Å². The summed E-state index contributed by atoms with van der Waals surface area (Å²) in [5, 5.41) is 8.78. The van der Waals surface area contributed by atoms with Crippen LogP contribution >= 0.6 is 0 Å². The lowest BCUT2D eigenvalue weighted by atomic mass is 10.1. The Morgan fingerprint density at radius 1 is 1.65 bits per heavy atom. The van der Waals surface area contributed by atoms with E-state index < -0.39 is 12.0 Å². The minimum atomic E-state index is -0.942. The molecule has 2 N–H and O–H groups in total. The van der Waals surface area contributed by atoms with Gasteiger partial charge in [-0.25, -0.2) is 4.98 Å². The molecule has 7 heteroatoms. The number of amides is 1. The first kappa shape index (κ1) is 11.6. The molecule has 7 nitrogen and oxygen atoms in total. The summed E-state index contributed by atoms with van der Waals surface area (Å²) in [5.74, 6) is -1.18. The molecule has 0 aromatic carbocycles. The molecule has 1 atom stereocenters. The molecular formula is C10H13N3O4. The molecule has 92 valence electrons. The van der Waals surface area contributed by atoms with Crippen molar-refractivity contribution in [3.63, 3.8) is 0 Å². The molecule has 1 unspecified atom stereocenters. The Hall–Kier alpha value is -1.89. The molecule has 0 bridgehead atoms. The topological polar surface area (TPSA) is 95.5 Å². The Balaban J connectivity index is 2.10. The van der Waals surface area contributed by atoms with Crippen LogP contribution in [0.25, 0.3) is 0 Å². The van der Waals surface area contributed by atoms with E-state index in [-0.39, 0.29) is 18.9 Å². The Morgan fingerprint density at radius 2 is 2.47 bits per heavy atom. The second-order valence-electron chi connectivity index (χ2n) is 3.79. The number of carbonyl (C=O) groups is 2. The van der Waals surface area contributed by atoms with Gasteiger partial charge in [-0.2, -0.15) is 0 Å². The zero-order valence-electron chi connectivity index (χ0n) is 9.13. The minimum absolute atomic E-state index is 0.111. The monoisotopic (exact) mass is 239 g/mol. The van der Waals surface area contributed by atoms with Gasteiger partial charge in [0.2, 0.25) is 0 Å². The highest BCUT2D eigenvalue weighted by molar-refractivity contribution is 5.92. The van der Waals surface area contributed by atoms with Gasteiger partial charge >= 0.3 is 5.97 Å². The van der Waals surface area contributed by atoms with Crippen LogP contribution in [0.4, 0.5) is 0 Å². The van der Waals surface area contributed by atoms with Crippen LogP contribution in [0, 0.1) is 0 Å². The van der Waals surface area contributed by atoms with E-state index in [1.54, 1.807) is 0 Å². The van der Waals surface area contributed by atoms with Crippen LogP contribution in [0.5, 0.6) is 0 Å². The van der Waals surface area contributed by atoms with Gasteiger partial charge in [0.15, 0.2) is 0 Å². The minimum Gasteiger partial charge on any atom is -0.481 e. The van der Waals surface area contributed by atoms with Gasteiger partial charge in [-0.05, 0) is 0 Å². The van der Waals surface area contributed by atoms with Gasteiger partial charge < -0.3 is 19.7 Å². The van der Waals surface area contributed by atoms with Gasteiger partial charge in [0.1, 0.15) is 5.69 Å². The van der Waals surface area contributed by atoms with Crippen molar-refractivity contribution in [1.82, 2.24) is 14.9 Å². The van der Waals surface area contributed by atoms with E-state index in [9.17, 15) is 9.59 Å². The second kappa shape index (κ2) is 4.96. The molecule has 2 rings (SSSR count). The van der Waals surface area contributed by atoms with Gasteiger partial charge in [0.25, 0.3) is 5.91 Å². The fourth-order valence-electron chi connectivity index (χ4n) is 1.82. The summed E-state index contributed by atoms with van der Waals surface area (Å²) in [6.07, 6.45) is 2.73. The van der Waals surface area contributed by atoms with Gasteiger partial charge in [-0.1, -0.05) is 0 Å². The molecule has 0 radical (unpaired) electrons. The highest BCUT2D eigenvalue weighted by Gasteiger charge is 2.30. The number of carboxylic acids is 1. The maximum Gasteiger partial charge on any atom is 0.305 e. The number of rotatable bonds is 3. The third-order valence-corrected chi connectivity index (χ3v) is 2.63. The van der Waals surface area contributed by atoms with E-state index in [0.29, 0.717) is 18.8 Å². The maximum absolute atomic E-state index is 12.1. The number of hydrogen-bond acceptors (Lipinski definition) is 4. The average Bonchev–Trinajstić information content (AvgIpc) is 2.81. The lowest BCUT2D eigenvalue weighted by molar-refractivity contribution is -0.139. The number of aromatic nitrogens is 2. The van der Waals surface area contributed by atoms with Crippen molar-refractivity contribution < 1.29 is 19.4 Å². The third kappa shape index (κ3) is 2.62. The van der Waals surface area contributed by atoms with Crippen molar-refractivity contribution in [2.75, 3.05) is 19.8 Å². The Labute approximate surface area is 97.4 Å². The van der Waals surface area contributed by atoms with Crippen LogP contribution in [-0.4, -0.2) is 57.7 Å². The molecule has 1 amide bonds. The first-order valence-electron chi connectivity index (χ1n) is 5.27. The van der Waals surface area contributed by atoms with E-state index in [4.69, 9.17) is 9.84 Å².